The summed E-state index contributed by atoms with van der Waals surface area (Å²) in [4.78, 5) is 14.3. The number of urea groups is 1. The third kappa shape index (κ3) is 4.71. The third-order valence-corrected chi connectivity index (χ3v) is 6.93. The Balaban J connectivity index is 1.48. The molecule has 0 atom stereocenters. The Labute approximate surface area is 166 Å². The number of nitrogens with zero attached hydrogens (tertiary/aromatic N) is 4. The fourth-order valence-corrected chi connectivity index (χ4v) is 4.97. The van der Waals surface area contributed by atoms with Gasteiger partial charge in [0.2, 0.25) is 10.0 Å². The van der Waals surface area contributed by atoms with Crippen molar-refractivity contribution in [1.29, 1.82) is 0 Å². The summed E-state index contributed by atoms with van der Waals surface area (Å²) in [6.45, 7) is 6.43. The second kappa shape index (κ2) is 8.74. The van der Waals surface area contributed by atoms with E-state index in [1.165, 1.54) is 4.31 Å². The van der Waals surface area contributed by atoms with Crippen molar-refractivity contribution in [2.24, 2.45) is 0 Å². The molecule has 9 heteroatoms. The summed E-state index contributed by atoms with van der Waals surface area (Å²) in [6.07, 6.45) is 4.40. The number of carbonyl (C=O) groups is 1. The van der Waals surface area contributed by atoms with Gasteiger partial charge in [-0.05, 0) is 38.0 Å². The molecule has 2 heterocycles. The molecule has 3 rings (SSSR count). The van der Waals surface area contributed by atoms with Crippen LogP contribution in [0.3, 0.4) is 0 Å². The number of aromatic nitrogens is 2. The summed E-state index contributed by atoms with van der Waals surface area (Å²) >= 11 is 0. The van der Waals surface area contributed by atoms with E-state index >= 15 is 0 Å². The van der Waals surface area contributed by atoms with Crippen LogP contribution in [0.1, 0.15) is 17.5 Å². The molecule has 1 aliphatic heterocycles. The lowest BCUT2D eigenvalue weighted by atomic mass is 10.2. The molecule has 0 aliphatic carbocycles. The number of hydrogen-bond acceptors (Lipinski definition) is 4. The Kier molecular flexibility index (Phi) is 6.35. The lowest BCUT2D eigenvalue weighted by molar-refractivity contribution is 0.172. The maximum Gasteiger partial charge on any atom is 0.317 e. The van der Waals surface area contributed by atoms with Crippen LogP contribution in [0.15, 0.2) is 41.6 Å². The van der Waals surface area contributed by atoms with Gasteiger partial charge in [-0.15, -0.1) is 0 Å². The van der Waals surface area contributed by atoms with Crippen molar-refractivity contribution < 1.29 is 13.2 Å². The second-order valence-corrected chi connectivity index (χ2v) is 8.92. The van der Waals surface area contributed by atoms with Gasteiger partial charge in [0.1, 0.15) is 0 Å². The number of rotatable bonds is 6. The molecular weight excluding hydrogens is 378 g/mol. The molecule has 0 unspecified atom stereocenters. The standard InChI is InChI=1S/C19H27N5O3S/c1-16-5-6-18(17(2)15-16)28(26,27)24-13-11-22(12-14-24)19(25)20-7-3-9-23-10-4-8-21-23/h4-6,8,10,15H,3,7,9,11-14H2,1-2H3,(H,20,25). The number of nitrogens with one attached hydrogen (secondary N) is 1. The molecule has 0 radical (unpaired) electrons. The quantitative estimate of drug-likeness (QED) is 0.740. The van der Waals surface area contributed by atoms with Crippen LogP contribution in [-0.2, 0) is 16.6 Å². The molecule has 2 amide bonds. The first-order valence-electron chi connectivity index (χ1n) is 9.45. The average Bonchev–Trinajstić information content (AvgIpc) is 3.18. The Morgan fingerprint density at radius 1 is 1.18 bits per heavy atom. The van der Waals surface area contributed by atoms with E-state index in [1.807, 2.05) is 42.9 Å². The smallest absolute Gasteiger partial charge is 0.317 e. The van der Waals surface area contributed by atoms with E-state index in [9.17, 15) is 13.2 Å². The predicted molar refractivity (Wildman–Crippen MR) is 106 cm³/mol. The first kappa shape index (κ1) is 20.3. The number of amides is 2. The number of sulfonamides is 1. The minimum absolute atomic E-state index is 0.149. The normalized spacial score (nSPS) is 15.6. The van der Waals surface area contributed by atoms with Gasteiger partial charge in [0.15, 0.2) is 0 Å². The molecule has 0 saturated carbocycles. The van der Waals surface area contributed by atoms with Crippen LogP contribution in [0.2, 0.25) is 0 Å². The maximum absolute atomic E-state index is 12.9. The molecule has 28 heavy (non-hydrogen) atoms. The predicted octanol–water partition coefficient (Wildman–Crippen LogP) is 1.61. The van der Waals surface area contributed by atoms with Gasteiger partial charge in [-0.2, -0.15) is 9.40 Å². The Hall–Kier alpha value is -2.39. The Morgan fingerprint density at radius 3 is 2.57 bits per heavy atom. The van der Waals surface area contributed by atoms with Crippen LogP contribution < -0.4 is 5.32 Å². The fourth-order valence-electron chi connectivity index (χ4n) is 3.34. The molecule has 8 nitrogen and oxygen atoms in total. The van der Waals surface area contributed by atoms with Crippen LogP contribution in [0, 0.1) is 13.8 Å². The van der Waals surface area contributed by atoms with Crippen molar-refractivity contribution in [2.45, 2.75) is 31.7 Å². The summed E-state index contributed by atoms with van der Waals surface area (Å²) < 4.78 is 29.1. The monoisotopic (exact) mass is 405 g/mol. The molecule has 2 aromatic rings. The summed E-state index contributed by atoms with van der Waals surface area (Å²) in [7, 11) is -3.54. The van der Waals surface area contributed by atoms with Crippen molar-refractivity contribution >= 4 is 16.1 Å². The van der Waals surface area contributed by atoms with Crippen LogP contribution in [0.25, 0.3) is 0 Å². The topological polar surface area (TPSA) is 87.5 Å². The number of carbonyl (C=O) groups excluding carboxylic acids is 1. The molecule has 1 saturated heterocycles. The van der Waals surface area contributed by atoms with Crippen LogP contribution in [0.4, 0.5) is 4.79 Å². The molecule has 0 bridgehead atoms. The lowest BCUT2D eigenvalue weighted by Gasteiger charge is -2.34. The SMILES string of the molecule is Cc1ccc(S(=O)(=O)N2CCN(C(=O)NCCCn3cccn3)CC2)c(C)c1. The molecule has 1 aromatic heterocycles. The van der Waals surface area contributed by atoms with Gasteiger partial charge < -0.3 is 10.2 Å². The number of piperazine rings is 1. The van der Waals surface area contributed by atoms with E-state index in [2.05, 4.69) is 10.4 Å². The number of aryl methyl sites for hydroxylation is 3. The van der Waals surface area contributed by atoms with Crippen LogP contribution in [0.5, 0.6) is 0 Å². The van der Waals surface area contributed by atoms with Gasteiger partial charge >= 0.3 is 6.03 Å². The number of benzene rings is 1. The molecule has 0 spiro atoms. The largest absolute Gasteiger partial charge is 0.338 e. The van der Waals surface area contributed by atoms with Gasteiger partial charge in [0.25, 0.3) is 0 Å². The first-order chi connectivity index (χ1) is 13.4. The Bertz CT molecular complexity index is 904. The van der Waals surface area contributed by atoms with E-state index in [1.54, 1.807) is 17.2 Å². The van der Waals surface area contributed by atoms with Gasteiger partial charge in [0, 0.05) is 51.7 Å². The fraction of sp³-hybridized carbons (Fsp3) is 0.474. The van der Waals surface area contributed by atoms with E-state index in [0.29, 0.717) is 37.6 Å². The average molecular weight is 406 g/mol. The van der Waals surface area contributed by atoms with E-state index in [4.69, 9.17) is 0 Å². The minimum atomic E-state index is -3.54. The van der Waals surface area contributed by atoms with Crippen LogP contribution in [-0.4, -0.2) is 66.2 Å². The van der Waals surface area contributed by atoms with Gasteiger partial charge in [0.05, 0.1) is 4.90 Å². The zero-order valence-corrected chi connectivity index (χ0v) is 17.2. The second-order valence-electron chi connectivity index (χ2n) is 7.01. The van der Waals surface area contributed by atoms with Crippen molar-refractivity contribution in [1.82, 2.24) is 24.3 Å². The summed E-state index contributed by atoms with van der Waals surface area (Å²) in [6, 6.07) is 7.07. The first-order valence-corrected chi connectivity index (χ1v) is 10.9. The van der Waals surface area contributed by atoms with E-state index < -0.39 is 10.0 Å². The van der Waals surface area contributed by atoms with Gasteiger partial charge in [-0.25, -0.2) is 13.2 Å². The molecule has 152 valence electrons. The van der Waals surface area contributed by atoms with Crippen molar-refractivity contribution in [3.8, 4) is 0 Å². The van der Waals surface area contributed by atoms with E-state index in [0.717, 1.165) is 24.1 Å². The lowest BCUT2D eigenvalue weighted by Crippen LogP contribution is -2.53. The van der Waals surface area contributed by atoms with Crippen molar-refractivity contribution in [3.63, 3.8) is 0 Å². The molecule has 1 aliphatic rings. The van der Waals surface area contributed by atoms with Crippen LogP contribution >= 0.6 is 0 Å². The highest BCUT2D eigenvalue weighted by Crippen LogP contribution is 2.22. The number of hydrogen-bond donors (Lipinski definition) is 1. The molecule has 1 fully saturated rings. The molecule has 1 aromatic carbocycles. The zero-order chi connectivity index (χ0) is 20.1. The zero-order valence-electron chi connectivity index (χ0n) is 16.3. The summed E-state index contributed by atoms with van der Waals surface area (Å²) in [5.41, 5.74) is 1.78. The van der Waals surface area contributed by atoms with Gasteiger partial charge in [-0.1, -0.05) is 17.7 Å². The third-order valence-electron chi connectivity index (χ3n) is 4.87. The van der Waals surface area contributed by atoms with Gasteiger partial charge in [-0.3, -0.25) is 4.68 Å². The summed E-state index contributed by atoms with van der Waals surface area (Å²) in [5, 5.41) is 7.01. The van der Waals surface area contributed by atoms with Crippen molar-refractivity contribution in [2.75, 3.05) is 32.7 Å². The van der Waals surface area contributed by atoms with Crippen molar-refractivity contribution in [3.05, 3.63) is 47.8 Å². The highest BCUT2D eigenvalue weighted by atomic mass is 32.2. The maximum atomic E-state index is 12.9. The van der Waals surface area contributed by atoms with E-state index in [-0.39, 0.29) is 6.03 Å². The Morgan fingerprint density at radius 2 is 1.93 bits per heavy atom. The molecule has 1 N–H and O–H groups in total. The summed E-state index contributed by atoms with van der Waals surface area (Å²) in [5.74, 6) is 0. The minimum Gasteiger partial charge on any atom is -0.338 e. The highest BCUT2D eigenvalue weighted by Gasteiger charge is 2.30. The highest BCUT2D eigenvalue weighted by molar-refractivity contribution is 7.89. The molecular formula is C19H27N5O3S.